The van der Waals surface area contributed by atoms with Crippen molar-refractivity contribution in [2.75, 3.05) is 36.0 Å². The van der Waals surface area contributed by atoms with Gasteiger partial charge in [-0.25, -0.2) is 4.98 Å². The molecule has 1 fully saturated rings. The normalized spacial score (nSPS) is 15.3. The lowest BCUT2D eigenvalue weighted by molar-refractivity contribution is 0.645. The number of nitrogens with two attached hydrogens (primary N) is 1. The van der Waals surface area contributed by atoms with Crippen molar-refractivity contribution in [2.24, 2.45) is 5.73 Å². The van der Waals surface area contributed by atoms with E-state index in [9.17, 15) is 0 Å². The molecule has 1 saturated heterocycles. The van der Waals surface area contributed by atoms with Crippen molar-refractivity contribution < 1.29 is 0 Å². The number of piperazine rings is 1. The fraction of sp³-hybridized carbons (Fsp3) is 0.312. The lowest BCUT2D eigenvalue weighted by atomic mass is 10.1. The number of rotatable bonds is 3. The van der Waals surface area contributed by atoms with Crippen LogP contribution < -0.4 is 15.5 Å². The van der Waals surface area contributed by atoms with Crippen LogP contribution in [0, 0.1) is 0 Å². The van der Waals surface area contributed by atoms with Crippen LogP contribution >= 0.6 is 15.9 Å². The lowest BCUT2D eigenvalue weighted by Gasteiger charge is -2.37. The average Bonchev–Trinajstić information content (AvgIpc) is 2.55. The highest BCUT2D eigenvalue weighted by molar-refractivity contribution is 9.10. The molecule has 0 saturated carbocycles. The van der Waals surface area contributed by atoms with Crippen molar-refractivity contribution in [2.45, 2.75) is 6.54 Å². The molecule has 0 atom stereocenters. The summed E-state index contributed by atoms with van der Waals surface area (Å²) in [5.74, 6) is 1.06. The Balaban J connectivity index is 1.73. The molecule has 21 heavy (non-hydrogen) atoms. The first kappa shape index (κ1) is 14.4. The van der Waals surface area contributed by atoms with E-state index in [1.54, 1.807) is 0 Å². The van der Waals surface area contributed by atoms with E-state index in [2.05, 4.69) is 55.0 Å². The zero-order chi connectivity index (χ0) is 14.7. The zero-order valence-corrected chi connectivity index (χ0v) is 13.5. The molecular weight excluding hydrogens is 328 g/mol. The highest BCUT2D eigenvalue weighted by atomic mass is 79.9. The summed E-state index contributed by atoms with van der Waals surface area (Å²) in [5, 5.41) is 0. The summed E-state index contributed by atoms with van der Waals surface area (Å²) in [6.45, 7) is 4.48. The molecule has 4 nitrogen and oxygen atoms in total. The summed E-state index contributed by atoms with van der Waals surface area (Å²) in [7, 11) is 0. The fourth-order valence-electron chi connectivity index (χ4n) is 2.76. The van der Waals surface area contributed by atoms with Crippen LogP contribution in [0.3, 0.4) is 0 Å². The summed E-state index contributed by atoms with van der Waals surface area (Å²) >= 11 is 3.60. The van der Waals surface area contributed by atoms with Crippen LogP contribution in [0.1, 0.15) is 5.56 Å². The third-order valence-corrected chi connectivity index (χ3v) is 4.63. The van der Waals surface area contributed by atoms with Gasteiger partial charge in [-0.2, -0.15) is 0 Å². The third kappa shape index (κ3) is 3.04. The van der Waals surface area contributed by atoms with Crippen LogP contribution in [-0.2, 0) is 6.54 Å². The average molecular weight is 347 g/mol. The predicted molar refractivity (Wildman–Crippen MR) is 90.7 cm³/mol. The van der Waals surface area contributed by atoms with Crippen LogP contribution in [0.4, 0.5) is 11.5 Å². The van der Waals surface area contributed by atoms with Gasteiger partial charge in [0.2, 0.25) is 0 Å². The summed E-state index contributed by atoms with van der Waals surface area (Å²) < 4.78 is 1.09. The van der Waals surface area contributed by atoms with Crippen LogP contribution in [0.5, 0.6) is 0 Å². The minimum absolute atomic E-state index is 0.553. The van der Waals surface area contributed by atoms with E-state index in [0.717, 1.165) is 36.5 Å². The molecule has 5 heteroatoms. The van der Waals surface area contributed by atoms with Crippen LogP contribution in [-0.4, -0.2) is 31.2 Å². The van der Waals surface area contributed by atoms with Gasteiger partial charge in [-0.05, 0) is 24.3 Å². The SMILES string of the molecule is NCc1c(Br)cccc1N1CCN(c2ccccn2)CC1. The van der Waals surface area contributed by atoms with Gasteiger partial charge in [0.05, 0.1) is 0 Å². The first-order valence-electron chi connectivity index (χ1n) is 7.18. The van der Waals surface area contributed by atoms with Gasteiger partial charge < -0.3 is 15.5 Å². The van der Waals surface area contributed by atoms with Gasteiger partial charge in [-0.15, -0.1) is 0 Å². The summed E-state index contributed by atoms with van der Waals surface area (Å²) in [6.07, 6.45) is 1.85. The van der Waals surface area contributed by atoms with Gasteiger partial charge in [-0.3, -0.25) is 0 Å². The fourth-order valence-corrected chi connectivity index (χ4v) is 3.28. The number of aromatic nitrogens is 1. The molecule has 1 aliphatic heterocycles. The molecule has 1 aromatic carbocycles. The van der Waals surface area contributed by atoms with E-state index in [4.69, 9.17) is 5.73 Å². The number of nitrogens with zero attached hydrogens (tertiary/aromatic N) is 3. The largest absolute Gasteiger partial charge is 0.368 e. The summed E-state index contributed by atoms with van der Waals surface area (Å²) in [4.78, 5) is 9.17. The Labute approximate surface area is 133 Å². The molecule has 0 spiro atoms. The first-order chi connectivity index (χ1) is 10.3. The lowest BCUT2D eigenvalue weighted by Crippen LogP contribution is -2.47. The quantitative estimate of drug-likeness (QED) is 0.927. The van der Waals surface area contributed by atoms with Crippen LogP contribution in [0.2, 0.25) is 0 Å². The number of pyridine rings is 1. The maximum Gasteiger partial charge on any atom is 0.128 e. The number of halogens is 1. The second-order valence-corrected chi connectivity index (χ2v) is 5.96. The van der Waals surface area contributed by atoms with Crippen LogP contribution in [0.25, 0.3) is 0 Å². The molecule has 0 bridgehead atoms. The molecule has 2 N–H and O–H groups in total. The number of anilines is 2. The van der Waals surface area contributed by atoms with Gasteiger partial charge >= 0.3 is 0 Å². The van der Waals surface area contributed by atoms with Gasteiger partial charge in [0.25, 0.3) is 0 Å². The van der Waals surface area contributed by atoms with E-state index in [-0.39, 0.29) is 0 Å². The molecule has 0 unspecified atom stereocenters. The monoisotopic (exact) mass is 346 g/mol. The van der Waals surface area contributed by atoms with Gasteiger partial charge in [-0.1, -0.05) is 28.1 Å². The number of hydrogen-bond donors (Lipinski definition) is 1. The van der Waals surface area contributed by atoms with Crippen molar-refractivity contribution in [3.8, 4) is 0 Å². The Morgan fingerprint density at radius 3 is 2.43 bits per heavy atom. The van der Waals surface area contributed by atoms with Gasteiger partial charge in [0.15, 0.2) is 0 Å². The Bertz CT molecular complexity index is 594. The highest BCUT2D eigenvalue weighted by Gasteiger charge is 2.20. The molecule has 110 valence electrons. The number of hydrogen-bond acceptors (Lipinski definition) is 4. The Morgan fingerprint density at radius 2 is 1.76 bits per heavy atom. The van der Waals surface area contributed by atoms with E-state index < -0.39 is 0 Å². The topological polar surface area (TPSA) is 45.4 Å². The molecule has 0 aliphatic carbocycles. The Hall–Kier alpha value is -1.59. The van der Waals surface area contributed by atoms with E-state index >= 15 is 0 Å². The Morgan fingerprint density at radius 1 is 1.00 bits per heavy atom. The maximum absolute atomic E-state index is 5.90. The molecule has 2 aromatic rings. The minimum Gasteiger partial charge on any atom is -0.368 e. The van der Waals surface area contributed by atoms with Gasteiger partial charge in [0.1, 0.15) is 5.82 Å². The Kier molecular flexibility index (Phi) is 4.41. The second-order valence-electron chi connectivity index (χ2n) is 5.10. The van der Waals surface area contributed by atoms with E-state index in [0.29, 0.717) is 6.54 Å². The van der Waals surface area contributed by atoms with Crippen molar-refractivity contribution in [3.63, 3.8) is 0 Å². The summed E-state index contributed by atoms with van der Waals surface area (Å²) in [6, 6.07) is 12.3. The molecule has 3 rings (SSSR count). The van der Waals surface area contributed by atoms with E-state index in [1.165, 1.54) is 11.3 Å². The minimum atomic E-state index is 0.553. The summed E-state index contributed by atoms with van der Waals surface area (Å²) in [5.41, 5.74) is 8.33. The van der Waals surface area contributed by atoms with Crippen molar-refractivity contribution >= 4 is 27.4 Å². The van der Waals surface area contributed by atoms with Gasteiger partial charge in [0, 0.05) is 54.6 Å². The molecule has 2 heterocycles. The second kappa shape index (κ2) is 6.45. The standard InChI is InChI=1S/C16H19BrN4/c17-14-4-3-5-15(13(14)12-18)20-8-10-21(11-9-20)16-6-1-2-7-19-16/h1-7H,8-12,18H2. The van der Waals surface area contributed by atoms with Crippen molar-refractivity contribution in [3.05, 3.63) is 52.6 Å². The molecule has 1 aromatic heterocycles. The highest BCUT2D eigenvalue weighted by Crippen LogP contribution is 2.28. The van der Waals surface area contributed by atoms with Crippen molar-refractivity contribution in [1.82, 2.24) is 4.98 Å². The predicted octanol–water partition coefficient (Wildman–Crippen LogP) is 2.63. The first-order valence-corrected chi connectivity index (χ1v) is 7.97. The maximum atomic E-state index is 5.90. The number of benzene rings is 1. The van der Waals surface area contributed by atoms with Crippen LogP contribution in [0.15, 0.2) is 47.1 Å². The zero-order valence-electron chi connectivity index (χ0n) is 11.9. The smallest absolute Gasteiger partial charge is 0.128 e. The molecule has 0 amide bonds. The van der Waals surface area contributed by atoms with Crippen molar-refractivity contribution in [1.29, 1.82) is 0 Å². The third-order valence-electron chi connectivity index (χ3n) is 3.89. The molecular formula is C16H19BrN4. The molecule has 0 radical (unpaired) electrons. The van der Waals surface area contributed by atoms with E-state index in [1.807, 2.05) is 18.3 Å². The molecule has 1 aliphatic rings.